The minimum Gasteiger partial charge on any atom is -0.329 e. The summed E-state index contributed by atoms with van der Waals surface area (Å²) < 4.78 is 0. The first-order chi connectivity index (χ1) is 10.1. The summed E-state index contributed by atoms with van der Waals surface area (Å²) in [6.07, 6.45) is 3.14. The first-order valence-electron chi connectivity index (χ1n) is 7.22. The Hall–Kier alpha value is -1.88. The highest BCUT2D eigenvalue weighted by atomic mass is 32.1. The summed E-state index contributed by atoms with van der Waals surface area (Å²) in [4.78, 5) is 18.1. The van der Waals surface area contributed by atoms with Crippen LogP contribution in [-0.4, -0.2) is 11.0 Å². The van der Waals surface area contributed by atoms with Gasteiger partial charge in [0.2, 0.25) is 0 Å². The van der Waals surface area contributed by atoms with Crippen LogP contribution in [0, 0.1) is 13.8 Å². The summed E-state index contributed by atoms with van der Waals surface area (Å²) in [5.41, 5.74) is 3.00. The number of nitrogens with one attached hydrogen (secondary N) is 2. The van der Waals surface area contributed by atoms with Gasteiger partial charge in [0.1, 0.15) is 0 Å². The number of aryl methyl sites for hydroxylation is 3. The molecule has 2 N–H and O–H groups in total. The lowest BCUT2D eigenvalue weighted by atomic mass is 9.98. The molecule has 0 saturated heterocycles. The Bertz CT molecular complexity index is 665. The maximum Gasteiger partial charge on any atom is 0.319 e. The molecule has 1 atom stereocenters. The molecule has 110 valence electrons. The van der Waals surface area contributed by atoms with Crippen molar-refractivity contribution < 1.29 is 4.79 Å². The molecule has 0 spiro atoms. The van der Waals surface area contributed by atoms with Gasteiger partial charge in [-0.2, -0.15) is 0 Å². The number of aromatic nitrogens is 1. The van der Waals surface area contributed by atoms with Crippen LogP contribution in [0.15, 0.2) is 24.3 Å². The lowest BCUT2D eigenvalue weighted by Crippen LogP contribution is -2.34. The van der Waals surface area contributed by atoms with Gasteiger partial charge in [0.05, 0.1) is 16.7 Å². The van der Waals surface area contributed by atoms with E-state index in [0.717, 1.165) is 41.2 Å². The van der Waals surface area contributed by atoms with E-state index in [0.29, 0.717) is 0 Å². The van der Waals surface area contributed by atoms with Gasteiger partial charge in [0.15, 0.2) is 0 Å². The highest BCUT2D eigenvalue weighted by Gasteiger charge is 2.25. The molecule has 1 aromatic carbocycles. The highest BCUT2D eigenvalue weighted by molar-refractivity contribution is 7.11. The first-order valence-corrected chi connectivity index (χ1v) is 8.04. The lowest BCUT2D eigenvalue weighted by Gasteiger charge is -2.22. The van der Waals surface area contributed by atoms with Gasteiger partial charge in [-0.3, -0.25) is 0 Å². The fraction of sp³-hybridized carbons (Fsp3) is 0.375. The van der Waals surface area contributed by atoms with Gasteiger partial charge in [0, 0.05) is 10.6 Å². The van der Waals surface area contributed by atoms with Gasteiger partial charge in [-0.05, 0) is 50.8 Å². The van der Waals surface area contributed by atoms with E-state index < -0.39 is 0 Å². The van der Waals surface area contributed by atoms with Gasteiger partial charge in [-0.1, -0.05) is 12.1 Å². The monoisotopic (exact) mass is 301 g/mol. The number of hydrogen-bond donors (Lipinski definition) is 2. The average molecular weight is 301 g/mol. The van der Waals surface area contributed by atoms with Crippen molar-refractivity contribution in [3.63, 3.8) is 0 Å². The number of hydrogen-bond acceptors (Lipinski definition) is 3. The second kappa shape index (κ2) is 5.85. The van der Waals surface area contributed by atoms with Gasteiger partial charge < -0.3 is 10.6 Å². The average Bonchev–Trinajstić information content (AvgIpc) is 2.80. The number of anilines is 1. The summed E-state index contributed by atoms with van der Waals surface area (Å²) in [5.74, 6) is 0. The van der Waals surface area contributed by atoms with E-state index in [-0.39, 0.29) is 12.1 Å². The van der Waals surface area contributed by atoms with Crippen LogP contribution in [0.4, 0.5) is 10.5 Å². The molecule has 21 heavy (non-hydrogen) atoms. The van der Waals surface area contributed by atoms with Crippen LogP contribution in [0.3, 0.4) is 0 Å². The smallest absolute Gasteiger partial charge is 0.319 e. The molecule has 1 aliphatic carbocycles. The van der Waals surface area contributed by atoms with Crippen molar-refractivity contribution >= 4 is 23.1 Å². The second-order valence-corrected chi connectivity index (χ2v) is 6.74. The molecule has 3 rings (SSSR count). The Morgan fingerprint density at radius 1 is 1.38 bits per heavy atom. The van der Waals surface area contributed by atoms with Gasteiger partial charge >= 0.3 is 6.03 Å². The molecule has 0 bridgehead atoms. The van der Waals surface area contributed by atoms with E-state index in [1.165, 1.54) is 4.88 Å². The SMILES string of the molecule is Cc1cccc(NC(=O)N[C@@H]2CCCc3sc(C)nc32)c1. The molecule has 2 amide bonds. The van der Waals surface area contributed by atoms with Crippen molar-refractivity contribution in [1.82, 2.24) is 10.3 Å². The zero-order valence-corrected chi connectivity index (χ0v) is 13.1. The number of rotatable bonds is 2. The van der Waals surface area contributed by atoms with Crippen molar-refractivity contribution in [2.24, 2.45) is 0 Å². The molecular formula is C16H19N3OS. The summed E-state index contributed by atoms with van der Waals surface area (Å²) >= 11 is 1.74. The largest absolute Gasteiger partial charge is 0.329 e. The molecule has 1 aliphatic rings. The highest BCUT2D eigenvalue weighted by Crippen LogP contribution is 2.33. The fourth-order valence-corrected chi connectivity index (χ4v) is 3.77. The van der Waals surface area contributed by atoms with Crippen LogP contribution in [0.1, 0.15) is 40.0 Å². The maximum absolute atomic E-state index is 12.2. The minimum absolute atomic E-state index is 0.0310. The van der Waals surface area contributed by atoms with Crippen molar-refractivity contribution in [2.45, 2.75) is 39.2 Å². The van der Waals surface area contributed by atoms with E-state index in [1.54, 1.807) is 11.3 Å². The predicted octanol–water partition coefficient (Wildman–Crippen LogP) is 3.96. The molecule has 0 unspecified atom stereocenters. The van der Waals surface area contributed by atoms with E-state index in [4.69, 9.17) is 0 Å². The Morgan fingerprint density at radius 2 is 2.24 bits per heavy atom. The van der Waals surface area contributed by atoms with Crippen LogP contribution in [0.5, 0.6) is 0 Å². The molecule has 0 saturated carbocycles. The summed E-state index contributed by atoms with van der Waals surface area (Å²) in [6.45, 7) is 4.03. The Kier molecular flexibility index (Phi) is 3.92. The second-order valence-electron chi connectivity index (χ2n) is 5.45. The Morgan fingerprint density at radius 3 is 3.05 bits per heavy atom. The van der Waals surface area contributed by atoms with Crippen molar-refractivity contribution in [3.05, 3.63) is 45.4 Å². The third kappa shape index (κ3) is 3.24. The predicted molar refractivity (Wildman–Crippen MR) is 85.9 cm³/mol. The van der Waals surface area contributed by atoms with E-state index >= 15 is 0 Å². The zero-order valence-electron chi connectivity index (χ0n) is 12.3. The van der Waals surface area contributed by atoms with E-state index in [9.17, 15) is 4.79 Å². The molecule has 5 heteroatoms. The Balaban J connectivity index is 1.68. The summed E-state index contributed by atoms with van der Waals surface area (Å²) in [7, 11) is 0. The number of urea groups is 1. The van der Waals surface area contributed by atoms with Crippen molar-refractivity contribution in [1.29, 1.82) is 0 Å². The lowest BCUT2D eigenvalue weighted by molar-refractivity contribution is 0.247. The summed E-state index contributed by atoms with van der Waals surface area (Å²) in [6, 6.07) is 7.67. The Labute approximate surface area is 128 Å². The number of thiazole rings is 1. The molecule has 0 fully saturated rings. The van der Waals surface area contributed by atoms with E-state index in [1.807, 2.05) is 38.1 Å². The normalized spacial score (nSPS) is 17.1. The van der Waals surface area contributed by atoms with Crippen molar-refractivity contribution in [3.8, 4) is 0 Å². The van der Waals surface area contributed by atoms with Crippen molar-refractivity contribution in [2.75, 3.05) is 5.32 Å². The number of carbonyl (C=O) groups is 1. The number of amides is 2. The van der Waals surface area contributed by atoms with Gasteiger partial charge in [-0.25, -0.2) is 9.78 Å². The number of carbonyl (C=O) groups excluding carboxylic acids is 1. The topological polar surface area (TPSA) is 54.0 Å². The number of benzene rings is 1. The molecule has 0 radical (unpaired) electrons. The molecule has 2 aromatic rings. The molecule has 1 aromatic heterocycles. The van der Waals surface area contributed by atoms with Gasteiger partial charge in [-0.15, -0.1) is 11.3 Å². The maximum atomic E-state index is 12.2. The third-order valence-corrected chi connectivity index (χ3v) is 4.69. The quantitative estimate of drug-likeness (QED) is 0.882. The van der Waals surface area contributed by atoms with Crippen LogP contribution in [-0.2, 0) is 6.42 Å². The fourth-order valence-electron chi connectivity index (χ4n) is 2.73. The van der Waals surface area contributed by atoms with E-state index in [2.05, 4.69) is 15.6 Å². The van der Waals surface area contributed by atoms with Crippen LogP contribution in [0.2, 0.25) is 0 Å². The third-order valence-electron chi connectivity index (χ3n) is 3.64. The molecule has 1 heterocycles. The zero-order chi connectivity index (χ0) is 14.8. The first kappa shape index (κ1) is 14.1. The minimum atomic E-state index is -0.163. The van der Waals surface area contributed by atoms with Crippen LogP contribution >= 0.6 is 11.3 Å². The number of nitrogens with zero attached hydrogens (tertiary/aromatic N) is 1. The standard InChI is InChI=1S/C16H19N3OS/c1-10-5-3-6-12(9-10)18-16(20)19-13-7-4-8-14-15(13)17-11(2)21-14/h3,5-6,9,13H,4,7-8H2,1-2H3,(H2,18,19,20)/t13-/m1/s1. The molecule has 4 nitrogen and oxygen atoms in total. The molecular weight excluding hydrogens is 282 g/mol. The van der Waals surface area contributed by atoms with Crippen LogP contribution in [0.25, 0.3) is 0 Å². The van der Waals surface area contributed by atoms with Crippen LogP contribution < -0.4 is 10.6 Å². The van der Waals surface area contributed by atoms with Gasteiger partial charge in [0.25, 0.3) is 0 Å². The number of fused-ring (bicyclic) bond motifs is 1. The summed E-state index contributed by atoms with van der Waals surface area (Å²) in [5, 5.41) is 7.02. The molecule has 0 aliphatic heterocycles.